The molecule has 0 unspecified atom stereocenters. The summed E-state index contributed by atoms with van der Waals surface area (Å²) in [5.41, 5.74) is 3.97. The van der Waals surface area contributed by atoms with Gasteiger partial charge in [-0.05, 0) is 122 Å². The van der Waals surface area contributed by atoms with Gasteiger partial charge in [0.25, 0.3) is 0 Å². The lowest BCUT2D eigenvalue weighted by molar-refractivity contribution is 0.103. The molecule has 0 aromatic heterocycles. The normalized spacial score (nSPS) is 22.6. The molecule has 0 saturated heterocycles. The van der Waals surface area contributed by atoms with Crippen molar-refractivity contribution < 1.29 is 15.3 Å². The van der Waals surface area contributed by atoms with E-state index in [9.17, 15) is 15.3 Å². The second kappa shape index (κ2) is 14.0. The summed E-state index contributed by atoms with van der Waals surface area (Å²) in [7, 11) is 0. The van der Waals surface area contributed by atoms with Crippen molar-refractivity contribution in [3.63, 3.8) is 0 Å². The fourth-order valence-corrected chi connectivity index (χ4v) is 8.57. The lowest BCUT2D eigenvalue weighted by Gasteiger charge is -2.51. The molecule has 2 fully saturated rings. The summed E-state index contributed by atoms with van der Waals surface area (Å²) in [6, 6.07) is 23.8. The average Bonchev–Trinajstić information content (AvgIpc) is 3.02. The maximum Gasteiger partial charge on any atom is 0.115 e. The highest BCUT2D eigenvalue weighted by Crippen LogP contribution is 2.56. The van der Waals surface area contributed by atoms with E-state index >= 15 is 0 Å². The molecule has 3 aromatic carbocycles. The van der Waals surface area contributed by atoms with Gasteiger partial charge in [0.05, 0.1) is 0 Å². The molecule has 2 saturated carbocycles. The number of hydrogen-bond donors (Lipinski definition) is 3. The fraction of sp³-hybridized carbons (Fsp3) is 0.538. The van der Waals surface area contributed by atoms with Crippen molar-refractivity contribution in [2.24, 2.45) is 11.8 Å². The summed E-state index contributed by atoms with van der Waals surface area (Å²) < 4.78 is 0. The number of aromatic hydroxyl groups is 3. The van der Waals surface area contributed by atoms with E-state index < -0.39 is 0 Å². The lowest BCUT2D eigenvalue weighted by Crippen LogP contribution is -2.44. The van der Waals surface area contributed by atoms with Crippen LogP contribution in [0.4, 0.5) is 0 Å². The zero-order chi connectivity index (χ0) is 29.4. The van der Waals surface area contributed by atoms with Crippen LogP contribution in [0, 0.1) is 11.8 Å². The van der Waals surface area contributed by atoms with Crippen LogP contribution in [0.25, 0.3) is 0 Å². The molecule has 0 bridgehead atoms. The number of benzene rings is 3. The summed E-state index contributed by atoms with van der Waals surface area (Å²) in [6.45, 7) is 2.29. The van der Waals surface area contributed by atoms with E-state index in [2.05, 4.69) is 43.3 Å². The molecule has 0 atom stereocenters. The Morgan fingerprint density at radius 1 is 0.524 bits per heavy atom. The molecule has 2 aliphatic rings. The molecule has 0 aliphatic heterocycles. The molecule has 226 valence electrons. The molecule has 3 nitrogen and oxygen atoms in total. The van der Waals surface area contributed by atoms with Gasteiger partial charge in [0.1, 0.15) is 17.2 Å². The largest absolute Gasteiger partial charge is 0.508 e. The lowest BCUT2D eigenvalue weighted by atomic mass is 9.53. The van der Waals surface area contributed by atoms with E-state index in [1.165, 1.54) is 93.7 Å². The monoisotopic (exact) mass is 568 g/mol. The predicted octanol–water partition coefficient (Wildman–Crippen LogP) is 10.5. The Hall–Kier alpha value is -2.94. The van der Waals surface area contributed by atoms with Crippen LogP contribution in [0.2, 0.25) is 0 Å². The van der Waals surface area contributed by atoms with Crippen LogP contribution in [0.5, 0.6) is 17.2 Å². The van der Waals surface area contributed by atoms with Crippen molar-refractivity contribution in [1.82, 2.24) is 0 Å². The molecule has 42 heavy (non-hydrogen) atoms. The minimum atomic E-state index is -0.123. The second-order valence-corrected chi connectivity index (χ2v) is 13.5. The summed E-state index contributed by atoms with van der Waals surface area (Å²) in [4.78, 5) is 0. The summed E-state index contributed by atoms with van der Waals surface area (Å²) in [5, 5.41) is 30.1. The Balaban J connectivity index is 1.31. The van der Waals surface area contributed by atoms with Crippen molar-refractivity contribution in [2.45, 2.75) is 120 Å². The Morgan fingerprint density at radius 3 is 1.43 bits per heavy atom. The summed E-state index contributed by atoms with van der Waals surface area (Å²) >= 11 is 0. The molecule has 0 amide bonds. The molecule has 3 heteroatoms. The van der Waals surface area contributed by atoms with Gasteiger partial charge in [-0.2, -0.15) is 0 Å². The second-order valence-electron chi connectivity index (χ2n) is 13.5. The Kier molecular flexibility index (Phi) is 10.2. The highest BCUT2D eigenvalue weighted by molar-refractivity contribution is 5.44. The molecule has 3 aromatic rings. The molecule has 0 heterocycles. The molecule has 0 spiro atoms. The molecule has 2 aliphatic carbocycles. The van der Waals surface area contributed by atoms with Crippen LogP contribution >= 0.6 is 0 Å². The molecule has 3 N–H and O–H groups in total. The van der Waals surface area contributed by atoms with E-state index in [4.69, 9.17) is 0 Å². The predicted molar refractivity (Wildman–Crippen MR) is 173 cm³/mol. The minimum Gasteiger partial charge on any atom is -0.508 e. The highest BCUT2D eigenvalue weighted by atomic mass is 16.3. The Labute approximate surface area is 254 Å². The number of rotatable bonds is 12. The van der Waals surface area contributed by atoms with Crippen molar-refractivity contribution in [3.8, 4) is 17.2 Å². The topological polar surface area (TPSA) is 60.7 Å². The van der Waals surface area contributed by atoms with Crippen LogP contribution in [0.3, 0.4) is 0 Å². The Morgan fingerprint density at radius 2 is 0.952 bits per heavy atom. The van der Waals surface area contributed by atoms with Gasteiger partial charge in [-0.3, -0.25) is 0 Å². The average molecular weight is 569 g/mol. The molecular weight excluding hydrogens is 516 g/mol. The number of phenolic OH excluding ortho intramolecular Hbond substituents is 3. The third kappa shape index (κ3) is 6.82. The van der Waals surface area contributed by atoms with Gasteiger partial charge >= 0.3 is 0 Å². The first-order valence-electron chi connectivity index (χ1n) is 16.8. The molecular formula is C39H52O3. The first kappa shape index (κ1) is 30.5. The van der Waals surface area contributed by atoms with Crippen molar-refractivity contribution in [3.05, 3.63) is 89.5 Å². The molecule has 5 rings (SSSR count). The number of hydrogen-bond acceptors (Lipinski definition) is 3. The van der Waals surface area contributed by atoms with Gasteiger partial charge < -0.3 is 15.3 Å². The van der Waals surface area contributed by atoms with Gasteiger partial charge in [-0.15, -0.1) is 0 Å². The van der Waals surface area contributed by atoms with E-state index in [1.807, 2.05) is 36.4 Å². The van der Waals surface area contributed by atoms with Crippen LogP contribution < -0.4 is 0 Å². The van der Waals surface area contributed by atoms with Gasteiger partial charge in [-0.1, -0.05) is 94.7 Å². The first-order chi connectivity index (χ1) is 20.4. The van der Waals surface area contributed by atoms with Crippen LogP contribution in [0.1, 0.15) is 126 Å². The van der Waals surface area contributed by atoms with E-state index in [1.54, 1.807) is 0 Å². The summed E-state index contributed by atoms with van der Waals surface area (Å²) in [6.07, 6.45) is 20.6. The molecule has 0 radical (unpaired) electrons. The zero-order valence-electron chi connectivity index (χ0n) is 25.7. The quantitative estimate of drug-likeness (QED) is 0.190. The SMILES string of the molecule is CCCCCCCCCC1CCC(c2ccc(O)cc2)(C2CCC(c3ccc(O)cc3)(c3ccc(O)cc3)CC2)CC1. The van der Waals surface area contributed by atoms with E-state index in [0.717, 1.165) is 31.6 Å². The smallest absolute Gasteiger partial charge is 0.115 e. The summed E-state index contributed by atoms with van der Waals surface area (Å²) in [5.74, 6) is 2.40. The standard InChI is InChI=1S/C39H52O3/c1-2-3-4-5-6-7-8-9-30-22-26-38(27-23-30,31-10-16-35(40)17-11-31)34-24-28-39(29-25-34,32-12-18-36(41)19-13-32)33-14-20-37(42)21-15-33/h10-21,30,34,40-42H,2-9,22-29H2,1H3. The van der Waals surface area contributed by atoms with E-state index in [0.29, 0.717) is 23.2 Å². The Bertz CT molecular complexity index is 1160. The third-order valence-corrected chi connectivity index (χ3v) is 11.1. The van der Waals surface area contributed by atoms with Crippen molar-refractivity contribution >= 4 is 0 Å². The van der Waals surface area contributed by atoms with Crippen LogP contribution in [0.15, 0.2) is 72.8 Å². The third-order valence-electron chi connectivity index (χ3n) is 11.1. The minimum absolute atomic E-state index is 0.123. The first-order valence-corrected chi connectivity index (χ1v) is 16.8. The number of phenols is 3. The highest BCUT2D eigenvalue weighted by Gasteiger charge is 2.48. The van der Waals surface area contributed by atoms with Crippen LogP contribution in [-0.2, 0) is 10.8 Å². The fourth-order valence-electron chi connectivity index (χ4n) is 8.57. The van der Waals surface area contributed by atoms with Crippen molar-refractivity contribution in [2.75, 3.05) is 0 Å². The maximum atomic E-state index is 10.1. The van der Waals surface area contributed by atoms with Gasteiger partial charge in [0.15, 0.2) is 0 Å². The van der Waals surface area contributed by atoms with Crippen molar-refractivity contribution in [1.29, 1.82) is 0 Å². The van der Waals surface area contributed by atoms with Gasteiger partial charge in [-0.25, -0.2) is 0 Å². The van der Waals surface area contributed by atoms with Crippen LogP contribution in [-0.4, -0.2) is 15.3 Å². The van der Waals surface area contributed by atoms with Gasteiger partial charge in [0.2, 0.25) is 0 Å². The van der Waals surface area contributed by atoms with Gasteiger partial charge in [0, 0.05) is 5.41 Å². The van der Waals surface area contributed by atoms with E-state index in [-0.39, 0.29) is 10.8 Å². The maximum absolute atomic E-state index is 10.1. The number of unbranched alkanes of at least 4 members (excludes halogenated alkanes) is 6. The zero-order valence-corrected chi connectivity index (χ0v) is 25.7.